The van der Waals surface area contributed by atoms with Crippen LogP contribution in [0, 0.1) is 5.82 Å². The van der Waals surface area contributed by atoms with Gasteiger partial charge in [-0.05, 0) is 29.8 Å². The maximum Gasteiger partial charge on any atom is 0.336 e. The Morgan fingerprint density at radius 1 is 1.12 bits per heavy atom. The van der Waals surface area contributed by atoms with Crippen LogP contribution in [-0.4, -0.2) is 68.0 Å². The highest BCUT2D eigenvalue weighted by atomic mass is 19.1. The van der Waals surface area contributed by atoms with Gasteiger partial charge < -0.3 is 25.0 Å². The van der Waals surface area contributed by atoms with Gasteiger partial charge >= 0.3 is 5.97 Å². The number of rotatable bonds is 7. The van der Waals surface area contributed by atoms with Gasteiger partial charge in [-0.3, -0.25) is 9.80 Å². The summed E-state index contributed by atoms with van der Waals surface area (Å²) in [7, 11) is 0. The minimum absolute atomic E-state index is 0.0463. The lowest BCUT2D eigenvalue weighted by Gasteiger charge is -2.46. The highest BCUT2D eigenvalue weighted by molar-refractivity contribution is 5.96. The van der Waals surface area contributed by atoms with Gasteiger partial charge in [0.2, 0.25) is 0 Å². The molecule has 1 atom stereocenters. The van der Waals surface area contributed by atoms with Crippen molar-refractivity contribution in [3.05, 3.63) is 89.2 Å². The molecule has 3 N–H and O–H groups in total. The summed E-state index contributed by atoms with van der Waals surface area (Å²) in [4.78, 5) is 26.1. The molecular formula is C23H22FN3O6. The van der Waals surface area contributed by atoms with Crippen LogP contribution in [0.25, 0.3) is 0 Å². The lowest BCUT2D eigenvalue weighted by atomic mass is 10.0. The quantitative estimate of drug-likeness (QED) is 0.580. The van der Waals surface area contributed by atoms with Crippen LogP contribution in [0.3, 0.4) is 0 Å². The van der Waals surface area contributed by atoms with Crippen LogP contribution >= 0.6 is 0 Å². The fraction of sp³-hybridized carbons (Fsp3) is 0.217. The number of aliphatic hydroxyl groups is 2. The van der Waals surface area contributed by atoms with Gasteiger partial charge in [-0.1, -0.05) is 30.3 Å². The number of carboxylic acid groups (broad SMARTS) is 1. The normalized spacial score (nSPS) is 18.8. The van der Waals surface area contributed by atoms with E-state index in [1.807, 2.05) is 18.2 Å². The van der Waals surface area contributed by atoms with Crippen molar-refractivity contribution in [3.8, 4) is 5.75 Å². The van der Waals surface area contributed by atoms with Crippen LogP contribution in [0.2, 0.25) is 0 Å². The topological polar surface area (TPSA) is 114 Å². The number of fused-ring (bicyclic) bond motifs is 1. The summed E-state index contributed by atoms with van der Waals surface area (Å²) in [5.41, 5.74) is -0.0533. The van der Waals surface area contributed by atoms with E-state index in [9.17, 15) is 29.3 Å². The molecule has 2 heterocycles. The molecule has 0 bridgehead atoms. The second kappa shape index (κ2) is 9.31. The van der Waals surface area contributed by atoms with Crippen molar-refractivity contribution in [1.29, 1.82) is 0 Å². The Kier molecular flexibility index (Phi) is 6.29. The largest absolute Gasteiger partial charge is 0.507 e. The third kappa shape index (κ3) is 4.66. The summed E-state index contributed by atoms with van der Waals surface area (Å²) >= 11 is 0. The number of hydrazine groups is 1. The van der Waals surface area contributed by atoms with E-state index >= 15 is 0 Å². The average molecular weight is 455 g/mol. The Morgan fingerprint density at radius 3 is 2.48 bits per heavy atom. The first kappa shape index (κ1) is 22.3. The maximum absolute atomic E-state index is 13.3. The number of hydrogen-bond donors (Lipinski definition) is 3. The van der Waals surface area contributed by atoms with Crippen LogP contribution < -0.4 is 4.74 Å². The van der Waals surface area contributed by atoms with Gasteiger partial charge in [-0.25, -0.2) is 9.18 Å². The molecule has 2 aromatic carbocycles. The molecule has 0 radical (unpaired) electrons. The molecule has 0 aliphatic carbocycles. The lowest BCUT2D eigenvalue weighted by molar-refractivity contribution is -0.149. The Balaban J connectivity index is 1.60. The fourth-order valence-electron chi connectivity index (χ4n) is 3.64. The van der Waals surface area contributed by atoms with Gasteiger partial charge in [0.1, 0.15) is 24.3 Å². The average Bonchev–Trinajstić information content (AvgIpc) is 2.80. The van der Waals surface area contributed by atoms with E-state index in [4.69, 9.17) is 4.74 Å². The van der Waals surface area contributed by atoms with E-state index in [1.54, 1.807) is 29.3 Å². The summed E-state index contributed by atoms with van der Waals surface area (Å²) in [5.74, 6) is -2.54. The molecule has 1 fully saturated rings. The summed E-state index contributed by atoms with van der Waals surface area (Å²) in [6, 6.07) is 14.7. The maximum atomic E-state index is 13.3. The predicted octanol–water partition coefficient (Wildman–Crippen LogP) is 1.84. The van der Waals surface area contributed by atoms with Gasteiger partial charge in [0, 0.05) is 12.7 Å². The van der Waals surface area contributed by atoms with E-state index in [0.29, 0.717) is 11.3 Å². The van der Waals surface area contributed by atoms with Crippen LogP contribution in [0.15, 0.2) is 77.8 Å². The van der Waals surface area contributed by atoms with Gasteiger partial charge in [0.15, 0.2) is 11.5 Å². The SMILES string of the molecule is O=C(O)C1=CN2C(=C(O)C1O)C(=O)N(Cc1ccc(F)cc1)CN2CCOc1ccccc1. The number of aliphatic hydroxyl groups excluding tert-OH is 2. The molecule has 33 heavy (non-hydrogen) atoms. The third-order valence-electron chi connectivity index (χ3n) is 5.31. The monoisotopic (exact) mass is 455 g/mol. The van der Waals surface area contributed by atoms with Crippen molar-refractivity contribution in [3.63, 3.8) is 0 Å². The van der Waals surface area contributed by atoms with Crippen LogP contribution in [-0.2, 0) is 16.1 Å². The second-order valence-corrected chi connectivity index (χ2v) is 7.53. The second-order valence-electron chi connectivity index (χ2n) is 7.53. The number of ether oxygens (including phenoxy) is 1. The van der Waals surface area contributed by atoms with E-state index in [0.717, 1.165) is 6.20 Å². The van der Waals surface area contributed by atoms with Gasteiger partial charge in [0.05, 0.1) is 18.8 Å². The number of benzene rings is 2. The Labute approximate surface area is 188 Å². The predicted molar refractivity (Wildman–Crippen MR) is 114 cm³/mol. The fourth-order valence-corrected chi connectivity index (χ4v) is 3.64. The van der Waals surface area contributed by atoms with Crippen molar-refractivity contribution in [2.75, 3.05) is 19.8 Å². The zero-order valence-corrected chi connectivity index (χ0v) is 17.5. The molecule has 172 valence electrons. The van der Waals surface area contributed by atoms with Crippen LogP contribution in [0.5, 0.6) is 5.75 Å². The minimum atomic E-state index is -1.84. The number of aliphatic carboxylic acids is 1. The number of halogens is 1. The smallest absolute Gasteiger partial charge is 0.336 e. The number of carboxylic acids is 1. The molecule has 2 aromatic rings. The first-order valence-electron chi connectivity index (χ1n) is 10.2. The first-order chi connectivity index (χ1) is 15.8. The van der Waals surface area contributed by atoms with Crippen LogP contribution in [0.1, 0.15) is 5.56 Å². The minimum Gasteiger partial charge on any atom is -0.507 e. The zero-order chi connectivity index (χ0) is 23.5. The van der Waals surface area contributed by atoms with Crippen molar-refractivity contribution in [2.24, 2.45) is 0 Å². The number of amides is 1. The Hall–Kier alpha value is -3.89. The van der Waals surface area contributed by atoms with Crippen LogP contribution in [0.4, 0.5) is 4.39 Å². The molecule has 9 nitrogen and oxygen atoms in total. The number of para-hydroxylation sites is 1. The summed E-state index contributed by atoms with van der Waals surface area (Å²) in [5, 5.41) is 33.0. The number of nitrogens with zero attached hydrogens (tertiary/aromatic N) is 3. The lowest BCUT2D eigenvalue weighted by Crippen LogP contribution is -2.58. The van der Waals surface area contributed by atoms with E-state index in [2.05, 4.69) is 0 Å². The molecule has 0 aromatic heterocycles. The van der Waals surface area contributed by atoms with E-state index < -0.39 is 35.1 Å². The van der Waals surface area contributed by atoms with Gasteiger partial charge in [-0.2, -0.15) is 5.01 Å². The number of hydrogen-bond acceptors (Lipinski definition) is 7. The Bertz CT molecular complexity index is 1100. The van der Waals surface area contributed by atoms with E-state index in [1.165, 1.54) is 22.0 Å². The number of carbonyl (C=O) groups excluding carboxylic acids is 1. The van der Waals surface area contributed by atoms with Crippen molar-refractivity contribution in [1.82, 2.24) is 14.9 Å². The van der Waals surface area contributed by atoms with Crippen molar-refractivity contribution >= 4 is 11.9 Å². The first-order valence-corrected chi connectivity index (χ1v) is 10.2. The highest BCUT2D eigenvalue weighted by Gasteiger charge is 2.42. The van der Waals surface area contributed by atoms with Gasteiger partial charge in [0.25, 0.3) is 5.91 Å². The van der Waals surface area contributed by atoms with Gasteiger partial charge in [-0.15, -0.1) is 0 Å². The molecular weight excluding hydrogens is 433 g/mol. The summed E-state index contributed by atoms with van der Waals surface area (Å²) in [6.07, 6.45) is -0.719. The molecule has 4 rings (SSSR count). The third-order valence-corrected chi connectivity index (χ3v) is 5.31. The Morgan fingerprint density at radius 2 is 1.82 bits per heavy atom. The molecule has 2 aliphatic heterocycles. The molecule has 1 amide bonds. The standard InChI is InChI=1S/C23H22FN3O6/c24-16-8-6-15(7-9-16)12-25-14-26(10-11-33-17-4-2-1-3-5-17)27-13-18(23(31)32)20(28)21(29)19(27)22(25)30/h1-9,13,20,28-29H,10-12,14H2,(H,31,32). The molecule has 0 spiro atoms. The highest BCUT2D eigenvalue weighted by Crippen LogP contribution is 2.31. The molecule has 0 saturated carbocycles. The zero-order valence-electron chi connectivity index (χ0n) is 17.5. The molecule has 1 saturated heterocycles. The van der Waals surface area contributed by atoms with Crippen molar-refractivity contribution in [2.45, 2.75) is 12.6 Å². The number of carbonyl (C=O) groups is 2. The van der Waals surface area contributed by atoms with E-state index in [-0.39, 0.29) is 32.1 Å². The summed E-state index contributed by atoms with van der Waals surface area (Å²) in [6.45, 7) is 0.598. The molecule has 10 heteroatoms. The summed E-state index contributed by atoms with van der Waals surface area (Å²) < 4.78 is 19.0. The van der Waals surface area contributed by atoms with Crippen molar-refractivity contribution < 1.29 is 34.0 Å². The molecule has 1 unspecified atom stereocenters. The molecule has 2 aliphatic rings.